The minimum Gasteiger partial charge on any atom is -0.459 e. The Morgan fingerprint density at radius 3 is 2.39 bits per heavy atom. The van der Waals surface area contributed by atoms with Crippen LogP contribution in [0.2, 0.25) is 5.02 Å². The minimum absolute atomic E-state index is 0.0978. The van der Waals surface area contributed by atoms with E-state index in [0.717, 1.165) is 17.9 Å². The van der Waals surface area contributed by atoms with Crippen molar-refractivity contribution >= 4 is 32.8 Å². The first-order chi connectivity index (χ1) is 13.1. The molecule has 3 rings (SSSR count). The Balaban J connectivity index is 1.86. The van der Waals surface area contributed by atoms with E-state index in [1.165, 1.54) is 12.1 Å². The average Bonchev–Trinajstić information content (AvgIpc) is 3.09. The van der Waals surface area contributed by atoms with Crippen molar-refractivity contribution in [2.24, 2.45) is 0 Å². The Morgan fingerprint density at radius 1 is 1.11 bits per heavy atom. The molecule has 0 radical (unpaired) electrons. The first-order valence-electron chi connectivity index (χ1n) is 8.19. The van der Waals surface area contributed by atoms with E-state index in [9.17, 15) is 18.5 Å². The van der Waals surface area contributed by atoms with E-state index >= 15 is 0 Å². The van der Waals surface area contributed by atoms with Crippen LogP contribution in [0.25, 0.3) is 11.3 Å². The second-order valence-corrected chi connectivity index (χ2v) is 8.76. The molecule has 1 aromatic heterocycles. The van der Waals surface area contributed by atoms with Crippen LogP contribution in [-0.2, 0) is 16.4 Å². The van der Waals surface area contributed by atoms with Gasteiger partial charge < -0.3 is 9.32 Å². The van der Waals surface area contributed by atoms with Gasteiger partial charge in [-0.3, -0.25) is 10.1 Å². The van der Waals surface area contributed by atoms with Gasteiger partial charge in [0.25, 0.3) is 5.69 Å². The average molecular weight is 421 g/mol. The van der Waals surface area contributed by atoms with Crippen LogP contribution < -0.4 is 4.90 Å². The van der Waals surface area contributed by atoms with Gasteiger partial charge in [0.2, 0.25) is 0 Å². The molecular weight excluding hydrogens is 404 g/mol. The zero-order valence-corrected chi connectivity index (χ0v) is 16.7. The fraction of sp³-hybridized carbons (Fsp3) is 0.158. The lowest BCUT2D eigenvalue weighted by atomic mass is 10.2. The van der Waals surface area contributed by atoms with E-state index in [1.54, 1.807) is 30.1 Å². The highest BCUT2D eigenvalue weighted by Crippen LogP contribution is 2.32. The minimum atomic E-state index is -3.54. The van der Waals surface area contributed by atoms with Crippen LogP contribution in [-0.4, -0.2) is 26.6 Å². The quantitative estimate of drug-likeness (QED) is 0.429. The SMILES string of the molecule is CN(Cc1ccc(-c2ccc(Cl)cc2)o1)c1ccc(S(C)(=O)=O)cc1[N+](=O)[O-]. The maximum Gasteiger partial charge on any atom is 0.293 e. The summed E-state index contributed by atoms with van der Waals surface area (Å²) >= 11 is 5.89. The van der Waals surface area contributed by atoms with Gasteiger partial charge in [-0.25, -0.2) is 8.42 Å². The molecule has 7 nitrogen and oxygen atoms in total. The van der Waals surface area contributed by atoms with Crippen LogP contribution in [0.1, 0.15) is 5.76 Å². The number of rotatable bonds is 6. The van der Waals surface area contributed by atoms with E-state index in [2.05, 4.69) is 0 Å². The first-order valence-corrected chi connectivity index (χ1v) is 10.5. The lowest BCUT2D eigenvalue weighted by Gasteiger charge is -2.18. The molecule has 0 aliphatic heterocycles. The molecule has 0 spiro atoms. The molecule has 146 valence electrons. The van der Waals surface area contributed by atoms with Crippen molar-refractivity contribution in [3.05, 3.63) is 75.5 Å². The Bertz CT molecular complexity index is 1120. The topological polar surface area (TPSA) is 93.7 Å². The lowest BCUT2D eigenvalue weighted by molar-refractivity contribution is -0.384. The van der Waals surface area contributed by atoms with Crippen LogP contribution in [0.15, 0.2) is 63.9 Å². The van der Waals surface area contributed by atoms with Crippen LogP contribution in [0, 0.1) is 10.1 Å². The largest absolute Gasteiger partial charge is 0.459 e. The maximum absolute atomic E-state index is 11.7. The van der Waals surface area contributed by atoms with Crippen molar-refractivity contribution in [1.82, 2.24) is 0 Å². The molecule has 0 aliphatic rings. The van der Waals surface area contributed by atoms with Crippen molar-refractivity contribution < 1.29 is 17.8 Å². The number of hydrogen-bond donors (Lipinski definition) is 0. The molecule has 0 saturated heterocycles. The molecule has 0 N–H and O–H groups in total. The highest BCUT2D eigenvalue weighted by Gasteiger charge is 2.21. The van der Waals surface area contributed by atoms with Crippen molar-refractivity contribution in [2.45, 2.75) is 11.4 Å². The lowest BCUT2D eigenvalue weighted by Crippen LogP contribution is -2.17. The standard InChI is InChI=1S/C19H17ClN2O5S/c1-21(17-9-8-16(28(2,25)26)11-18(17)22(23)24)12-15-7-10-19(27-15)13-3-5-14(20)6-4-13/h3-11H,12H2,1-2H3. The molecule has 9 heteroatoms. The number of nitro benzene ring substituents is 1. The molecule has 3 aromatic rings. The van der Waals surface area contributed by atoms with Gasteiger partial charge in [0.1, 0.15) is 17.2 Å². The number of halogens is 1. The summed E-state index contributed by atoms with van der Waals surface area (Å²) in [4.78, 5) is 12.4. The predicted molar refractivity (Wildman–Crippen MR) is 107 cm³/mol. The molecule has 0 fully saturated rings. The van der Waals surface area contributed by atoms with Crippen molar-refractivity contribution in [2.75, 3.05) is 18.2 Å². The summed E-state index contributed by atoms with van der Waals surface area (Å²) in [5, 5.41) is 12.0. The van der Waals surface area contributed by atoms with Gasteiger partial charge in [0.15, 0.2) is 9.84 Å². The third kappa shape index (κ3) is 4.35. The van der Waals surface area contributed by atoms with E-state index in [0.29, 0.717) is 22.2 Å². The molecule has 0 unspecified atom stereocenters. The van der Waals surface area contributed by atoms with Gasteiger partial charge in [-0.05, 0) is 48.5 Å². The maximum atomic E-state index is 11.7. The van der Waals surface area contributed by atoms with Crippen LogP contribution in [0.5, 0.6) is 0 Å². The third-order valence-electron chi connectivity index (χ3n) is 4.17. The third-order valence-corrected chi connectivity index (χ3v) is 5.53. The van der Waals surface area contributed by atoms with Gasteiger partial charge in [0, 0.05) is 30.0 Å². The fourth-order valence-corrected chi connectivity index (χ4v) is 3.52. The number of nitro groups is 1. The zero-order valence-electron chi connectivity index (χ0n) is 15.1. The smallest absolute Gasteiger partial charge is 0.293 e. The van der Waals surface area contributed by atoms with E-state index in [4.69, 9.17) is 16.0 Å². The van der Waals surface area contributed by atoms with Crippen molar-refractivity contribution in [3.63, 3.8) is 0 Å². The predicted octanol–water partition coefficient (Wildman–Crippen LogP) is 4.55. The molecule has 1 heterocycles. The molecule has 0 saturated carbocycles. The summed E-state index contributed by atoms with van der Waals surface area (Å²) < 4.78 is 29.2. The van der Waals surface area contributed by atoms with Crippen molar-refractivity contribution in [3.8, 4) is 11.3 Å². The number of benzene rings is 2. The van der Waals surface area contributed by atoms with Gasteiger partial charge in [-0.2, -0.15) is 0 Å². The first kappa shape index (κ1) is 19.9. The van der Waals surface area contributed by atoms with Crippen LogP contribution in [0.4, 0.5) is 11.4 Å². The molecule has 28 heavy (non-hydrogen) atoms. The Kier molecular flexibility index (Phi) is 5.44. The summed E-state index contributed by atoms with van der Waals surface area (Å²) in [6, 6.07) is 14.7. The monoisotopic (exact) mass is 420 g/mol. The Hall–Kier alpha value is -2.84. The Labute approximate surface area is 167 Å². The van der Waals surface area contributed by atoms with E-state index < -0.39 is 14.8 Å². The highest BCUT2D eigenvalue weighted by atomic mass is 35.5. The number of hydrogen-bond acceptors (Lipinski definition) is 6. The zero-order chi connectivity index (χ0) is 20.5. The summed E-state index contributed by atoms with van der Waals surface area (Å²) in [5.74, 6) is 1.26. The van der Waals surface area contributed by atoms with E-state index in [-0.39, 0.29) is 17.1 Å². The Morgan fingerprint density at radius 2 is 1.79 bits per heavy atom. The van der Waals surface area contributed by atoms with Crippen molar-refractivity contribution in [1.29, 1.82) is 0 Å². The highest BCUT2D eigenvalue weighted by molar-refractivity contribution is 7.90. The summed E-state index contributed by atoms with van der Waals surface area (Å²) in [6.07, 6.45) is 1.01. The van der Waals surface area contributed by atoms with Gasteiger partial charge >= 0.3 is 0 Å². The molecular formula is C19H17ClN2O5S. The molecule has 0 aliphatic carbocycles. The molecule has 0 amide bonds. The van der Waals surface area contributed by atoms with Crippen LogP contribution in [0.3, 0.4) is 0 Å². The summed E-state index contributed by atoms with van der Waals surface area (Å²) in [7, 11) is -1.87. The number of sulfone groups is 1. The van der Waals surface area contributed by atoms with E-state index in [1.807, 2.05) is 18.2 Å². The molecule has 0 atom stereocenters. The second-order valence-electron chi connectivity index (χ2n) is 6.31. The normalized spacial score (nSPS) is 11.4. The second kappa shape index (κ2) is 7.65. The summed E-state index contributed by atoms with van der Waals surface area (Å²) in [6.45, 7) is 0.270. The van der Waals surface area contributed by atoms with Gasteiger partial charge in [-0.1, -0.05) is 11.6 Å². The van der Waals surface area contributed by atoms with Crippen LogP contribution >= 0.6 is 11.6 Å². The molecule has 2 aromatic carbocycles. The van der Waals surface area contributed by atoms with Gasteiger partial charge in [-0.15, -0.1) is 0 Å². The van der Waals surface area contributed by atoms with Gasteiger partial charge in [0.05, 0.1) is 16.4 Å². The summed E-state index contributed by atoms with van der Waals surface area (Å²) in [5.41, 5.74) is 0.874. The number of nitrogens with zero attached hydrogens (tertiary/aromatic N) is 2. The molecule has 0 bridgehead atoms. The fourth-order valence-electron chi connectivity index (χ4n) is 2.75. The number of furan rings is 1. The number of anilines is 1.